The molecule has 1 rings (SSSR count). The van der Waals surface area contributed by atoms with Crippen molar-refractivity contribution in [3.63, 3.8) is 0 Å². The second-order valence-corrected chi connectivity index (χ2v) is 3.95. The predicted octanol–water partition coefficient (Wildman–Crippen LogP) is 0.481. The summed E-state index contributed by atoms with van der Waals surface area (Å²) in [7, 11) is 1.35. The van der Waals surface area contributed by atoms with E-state index in [1.807, 2.05) is 6.92 Å². The van der Waals surface area contributed by atoms with Crippen LogP contribution in [0.15, 0.2) is 0 Å². The molecule has 1 fully saturated rings. The molecule has 2 atom stereocenters. The van der Waals surface area contributed by atoms with Crippen LogP contribution in [-0.2, 0) is 19.1 Å². The minimum absolute atomic E-state index is 0.0201. The Labute approximate surface area is 95.5 Å². The van der Waals surface area contributed by atoms with Gasteiger partial charge in [0.25, 0.3) is 0 Å². The predicted molar refractivity (Wildman–Crippen MR) is 57.8 cm³/mol. The van der Waals surface area contributed by atoms with Gasteiger partial charge in [-0.05, 0) is 12.8 Å². The molecule has 0 aliphatic carbocycles. The van der Waals surface area contributed by atoms with Gasteiger partial charge in [-0.2, -0.15) is 0 Å². The van der Waals surface area contributed by atoms with Gasteiger partial charge in [0.2, 0.25) is 5.91 Å². The van der Waals surface area contributed by atoms with Crippen LogP contribution >= 0.6 is 0 Å². The van der Waals surface area contributed by atoms with Gasteiger partial charge < -0.3 is 14.8 Å². The lowest BCUT2D eigenvalue weighted by Crippen LogP contribution is -2.40. The molecule has 16 heavy (non-hydrogen) atoms. The van der Waals surface area contributed by atoms with E-state index in [9.17, 15) is 9.59 Å². The molecular formula is C11H19NO4. The maximum absolute atomic E-state index is 11.7. The van der Waals surface area contributed by atoms with E-state index in [4.69, 9.17) is 4.74 Å². The molecule has 1 N–H and O–H groups in total. The highest BCUT2D eigenvalue weighted by Crippen LogP contribution is 2.13. The molecule has 0 saturated carbocycles. The number of carbonyl (C=O) groups excluding carboxylic acids is 2. The van der Waals surface area contributed by atoms with Gasteiger partial charge in [0.05, 0.1) is 26.1 Å². The molecule has 1 saturated heterocycles. The lowest BCUT2D eigenvalue weighted by Gasteiger charge is -2.17. The monoisotopic (exact) mass is 229 g/mol. The summed E-state index contributed by atoms with van der Waals surface area (Å²) in [4.78, 5) is 22.8. The van der Waals surface area contributed by atoms with E-state index < -0.39 is 0 Å². The van der Waals surface area contributed by atoms with Crippen LogP contribution in [0, 0.1) is 5.92 Å². The quantitative estimate of drug-likeness (QED) is 0.696. The summed E-state index contributed by atoms with van der Waals surface area (Å²) in [6.07, 6.45) is 1.71. The van der Waals surface area contributed by atoms with Crippen LogP contribution in [-0.4, -0.2) is 38.2 Å². The lowest BCUT2D eigenvalue weighted by atomic mass is 10.1. The average Bonchev–Trinajstić information content (AvgIpc) is 2.81. The van der Waals surface area contributed by atoms with Crippen LogP contribution in [0.25, 0.3) is 0 Å². The van der Waals surface area contributed by atoms with Gasteiger partial charge in [0.1, 0.15) is 0 Å². The topological polar surface area (TPSA) is 64.6 Å². The first kappa shape index (κ1) is 13.0. The molecule has 0 radical (unpaired) electrons. The summed E-state index contributed by atoms with van der Waals surface area (Å²) in [5, 5.41) is 2.85. The normalized spacial score (nSPS) is 21.5. The number of amides is 1. The first-order valence-corrected chi connectivity index (χ1v) is 5.62. The van der Waals surface area contributed by atoms with Crippen molar-refractivity contribution >= 4 is 11.9 Å². The standard InChI is InChI=1S/C11H19NO4/c1-3-9(6-10(13)15-2)12-11(14)8-4-5-16-7-8/h8-9H,3-7H2,1-2H3,(H,12,14). The SMILES string of the molecule is CCC(CC(=O)OC)NC(=O)C1CCOC1. The summed E-state index contributed by atoms with van der Waals surface area (Å²) < 4.78 is 9.72. The van der Waals surface area contributed by atoms with E-state index in [1.165, 1.54) is 7.11 Å². The highest BCUT2D eigenvalue weighted by atomic mass is 16.5. The molecule has 1 aliphatic rings. The summed E-state index contributed by atoms with van der Waals surface area (Å²) in [6.45, 7) is 3.06. The number of esters is 1. The Kier molecular flexibility index (Phi) is 5.25. The second kappa shape index (κ2) is 6.48. The molecule has 1 amide bonds. The molecule has 0 aromatic carbocycles. The molecule has 0 spiro atoms. The number of methoxy groups -OCH3 is 1. The third kappa shape index (κ3) is 3.81. The highest BCUT2D eigenvalue weighted by molar-refractivity contribution is 5.80. The van der Waals surface area contributed by atoms with Gasteiger partial charge in [0.15, 0.2) is 0 Å². The van der Waals surface area contributed by atoms with E-state index in [-0.39, 0.29) is 30.3 Å². The third-order valence-corrected chi connectivity index (χ3v) is 2.78. The van der Waals surface area contributed by atoms with Crippen molar-refractivity contribution in [2.75, 3.05) is 20.3 Å². The molecule has 5 heteroatoms. The maximum atomic E-state index is 11.7. The van der Waals surface area contributed by atoms with Gasteiger partial charge in [-0.15, -0.1) is 0 Å². The Morgan fingerprint density at radius 1 is 1.56 bits per heavy atom. The van der Waals surface area contributed by atoms with Crippen molar-refractivity contribution in [2.45, 2.75) is 32.2 Å². The Morgan fingerprint density at radius 3 is 2.81 bits per heavy atom. The summed E-state index contributed by atoms with van der Waals surface area (Å²) in [5.74, 6) is -0.380. The van der Waals surface area contributed by atoms with Crippen molar-refractivity contribution in [1.29, 1.82) is 0 Å². The van der Waals surface area contributed by atoms with E-state index >= 15 is 0 Å². The first-order valence-electron chi connectivity index (χ1n) is 5.62. The zero-order valence-corrected chi connectivity index (χ0v) is 9.82. The first-order chi connectivity index (χ1) is 7.67. The average molecular weight is 229 g/mol. The molecule has 1 aliphatic heterocycles. The fourth-order valence-corrected chi connectivity index (χ4v) is 1.64. The molecular weight excluding hydrogens is 210 g/mol. The van der Waals surface area contributed by atoms with E-state index in [0.717, 1.165) is 6.42 Å². The van der Waals surface area contributed by atoms with Crippen LogP contribution in [0.1, 0.15) is 26.2 Å². The van der Waals surface area contributed by atoms with E-state index in [1.54, 1.807) is 0 Å². The number of rotatable bonds is 5. The van der Waals surface area contributed by atoms with Crippen LogP contribution in [0.2, 0.25) is 0 Å². The van der Waals surface area contributed by atoms with Gasteiger partial charge in [-0.25, -0.2) is 0 Å². The molecule has 0 aromatic rings. The van der Waals surface area contributed by atoms with E-state index in [0.29, 0.717) is 19.6 Å². The Morgan fingerprint density at radius 2 is 2.31 bits per heavy atom. The molecule has 0 bridgehead atoms. The third-order valence-electron chi connectivity index (χ3n) is 2.78. The number of hydrogen-bond acceptors (Lipinski definition) is 4. The van der Waals surface area contributed by atoms with Crippen molar-refractivity contribution in [2.24, 2.45) is 5.92 Å². The maximum Gasteiger partial charge on any atom is 0.307 e. The highest BCUT2D eigenvalue weighted by Gasteiger charge is 2.25. The van der Waals surface area contributed by atoms with Gasteiger partial charge in [0, 0.05) is 12.6 Å². The van der Waals surface area contributed by atoms with Gasteiger partial charge in [-0.3, -0.25) is 9.59 Å². The number of hydrogen-bond donors (Lipinski definition) is 1. The van der Waals surface area contributed by atoms with Crippen molar-refractivity contribution in [3.8, 4) is 0 Å². The number of ether oxygens (including phenoxy) is 2. The molecule has 1 heterocycles. The largest absolute Gasteiger partial charge is 0.469 e. The fourth-order valence-electron chi connectivity index (χ4n) is 1.64. The van der Waals surface area contributed by atoms with Crippen molar-refractivity contribution in [1.82, 2.24) is 5.32 Å². The van der Waals surface area contributed by atoms with Crippen LogP contribution in [0.4, 0.5) is 0 Å². The smallest absolute Gasteiger partial charge is 0.307 e. The fraction of sp³-hybridized carbons (Fsp3) is 0.818. The minimum atomic E-state index is -0.296. The molecule has 92 valence electrons. The lowest BCUT2D eigenvalue weighted by molar-refractivity contribution is -0.141. The van der Waals surface area contributed by atoms with Crippen LogP contribution < -0.4 is 5.32 Å². The van der Waals surface area contributed by atoms with Crippen LogP contribution in [0.3, 0.4) is 0 Å². The molecule has 0 aromatic heterocycles. The summed E-state index contributed by atoms with van der Waals surface area (Å²) in [6, 6.07) is -0.138. The second-order valence-electron chi connectivity index (χ2n) is 3.95. The van der Waals surface area contributed by atoms with Gasteiger partial charge >= 0.3 is 5.97 Å². The summed E-state index contributed by atoms with van der Waals surface area (Å²) in [5.41, 5.74) is 0. The van der Waals surface area contributed by atoms with Gasteiger partial charge in [-0.1, -0.05) is 6.92 Å². The number of nitrogens with one attached hydrogen (secondary N) is 1. The Bertz CT molecular complexity index is 248. The minimum Gasteiger partial charge on any atom is -0.469 e. The zero-order valence-electron chi connectivity index (χ0n) is 9.82. The van der Waals surface area contributed by atoms with Crippen molar-refractivity contribution < 1.29 is 19.1 Å². The molecule has 5 nitrogen and oxygen atoms in total. The van der Waals surface area contributed by atoms with Crippen molar-refractivity contribution in [3.05, 3.63) is 0 Å². The van der Waals surface area contributed by atoms with Crippen LogP contribution in [0.5, 0.6) is 0 Å². The molecule has 2 unspecified atom stereocenters. The van der Waals surface area contributed by atoms with E-state index in [2.05, 4.69) is 10.1 Å². The number of carbonyl (C=O) groups is 2. The Hall–Kier alpha value is -1.10. The summed E-state index contributed by atoms with van der Waals surface area (Å²) >= 11 is 0. The Balaban J connectivity index is 2.36. The zero-order chi connectivity index (χ0) is 12.0.